The van der Waals surface area contributed by atoms with Crippen molar-refractivity contribution in [3.63, 3.8) is 0 Å². The Balaban J connectivity index is 2.67. The van der Waals surface area contributed by atoms with E-state index in [4.69, 9.17) is 9.29 Å². The van der Waals surface area contributed by atoms with Gasteiger partial charge < -0.3 is 5.11 Å². The van der Waals surface area contributed by atoms with Gasteiger partial charge in [0.05, 0.1) is 11.5 Å². The third-order valence-electron chi connectivity index (χ3n) is 2.33. The molecule has 4 nitrogen and oxygen atoms in total. The second-order valence-corrected chi connectivity index (χ2v) is 5.12. The highest BCUT2D eigenvalue weighted by Gasteiger charge is 2.16. The van der Waals surface area contributed by atoms with Crippen LogP contribution in [0.5, 0.6) is 0 Å². The van der Waals surface area contributed by atoms with Crippen molar-refractivity contribution in [2.45, 2.75) is 18.2 Å². The minimum atomic E-state index is -3.69. The van der Waals surface area contributed by atoms with Gasteiger partial charge in [-0.3, -0.25) is 4.18 Å². The van der Waals surface area contributed by atoms with Gasteiger partial charge in [0.1, 0.15) is 0 Å². The highest BCUT2D eigenvalue weighted by atomic mass is 32.2. The van der Waals surface area contributed by atoms with E-state index in [1.165, 1.54) is 12.1 Å². The van der Waals surface area contributed by atoms with Crippen molar-refractivity contribution in [2.75, 3.05) is 13.2 Å². The van der Waals surface area contributed by atoms with Crippen LogP contribution in [0.4, 0.5) is 0 Å². The van der Waals surface area contributed by atoms with Crippen LogP contribution in [0.15, 0.2) is 35.2 Å². The zero-order valence-corrected chi connectivity index (χ0v) is 9.98. The molecule has 90 valence electrons. The number of hydrogen-bond donors (Lipinski definition) is 1. The Bertz CT molecular complexity index is 395. The van der Waals surface area contributed by atoms with E-state index in [1.807, 2.05) is 6.92 Å². The molecule has 0 fully saturated rings. The Morgan fingerprint density at radius 1 is 1.31 bits per heavy atom. The molecule has 0 spiro atoms. The van der Waals surface area contributed by atoms with Crippen LogP contribution < -0.4 is 0 Å². The molecule has 0 amide bonds. The van der Waals surface area contributed by atoms with Gasteiger partial charge in [-0.15, -0.1) is 0 Å². The van der Waals surface area contributed by atoms with Gasteiger partial charge in [-0.2, -0.15) is 8.42 Å². The molecule has 1 aromatic rings. The molecule has 0 radical (unpaired) electrons. The Morgan fingerprint density at radius 2 is 1.94 bits per heavy atom. The lowest BCUT2D eigenvalue weighted by molar-refractivity contribution is 0.163. The van der Waals surface area contributed by atoms with Gasteiger partial charge in [-0.25, -0.2) is 0 Å². The summed E-state index contributed by atoms with van der Waals surface area (Å²) in [6.45, 7) is 1.82. The molecule has 0 saturated carbocycles. The third kappa shape index (κ3) is 3.59. The summed E-state index contributed by atoms with van der Waals surface area (Å²) in [7, 11) is -3.69. The third-order valence-corrected chi connectivity index (χ3v) is 3.62. The molecule has 0 aliphatic carbocycles. The average Bonchev–Trinajstić information content (AvgIpc) is 2.31. The first-order valence-electron chi connectivity index (χ1n) is 5.15. The van der Waals surface area contributed by atoms with Gasteiger partial charge in [0.15, 0.2) is 0 Å². The van der Waals surface area contributed by atoms with Crippen molar-refractivity contribution < 1.29 is 17.7 Å². The average molecular weight is 244 g/mol. The molecule has 0 aliphatic rings. The van der Waals surface area contributed by atoms with E-state index in [2.05, 4.69) is 0 Å². The van der Waals surface area contributed by atoms with Gasteiger partial charge in [-0.05, 0) is 18.6 Å². The van der Waals surface area contributed by atoms with Crippen molar-refractivity contribution >= 4 is 10.1 Å². The van der Waals surface area contributed by atoms with Gasteiger partial charge in [-0.1, -0.05) is 25.1 Å². The fourth-order valence-electron chi connectivity index (χ4n) is 1.14. The van der Waals surface area contributed by atoms with Crippen molar-refractivity contribution in [1.82, 2.24) is 0 Å². The molecule has 1 rings (SSSR count). The molecule has 1 aromatic carbocycles. The second-order valence-electron chi connectivity index (χ2n) is 3.51. The lowest BCUT2D eigenvalue weighted by atomic mass is 10.1. The molecule has 1 N–H and O–H groups in total. The number of aliphatic hydroxyl groups is 1. The van der Waals surface area contributed by atoms with Gasteiger partial charge in [0.25, 0.3) is 10.1 Å². The molecule has 5 heteroatoms. The molecular weight excluding hydrogens is 228 g/mol. The second kappa shape index (κ2) is 5.98. The maximum Gasteiger partial charge on any atom is 0.296 e. The van der Waals surface area contributed by atoms with Crippen molar-refractivity contribution in [2.24, 2.45) is 5.92 Å². The van der Waals surface area contributed by atoms with Gasteiger partial charge >= 0.3 is 0 Å². The summed E-state index contributed by atoms with van der Waals surface area (Å²) in [5.41, 5.74) is 0. The van der Waals surface area contributed by atoms with E-state index in [0.29, 0.717) is 6.42 Å². The van der Waals surface area contributed by atoms with Crippen LogP contribution in [-0.2, 0) is 14.3 Å². The lowest BCUT2D eigenvalue weighted by Gasteiger charge is -2.11. The van der Waals surface area contributed by atoms with Crippen LogP contribution >= 0.6 is 0 Å². The maximum absolute atomic E-state index is 11.7. The first kappa shape index (κ1) is 13.2. The zero-order chi connectivity index (χ0) is 12.0. The molecule has 16 heavy (non-hydrogen) atoms. The maximum atomic E-state index is 11.7. The fraction of sp³-hybridized carbons (Fsp3) is 0.455. The van der Waals surface area contributed by atoms with E-state index < -0.39 is 10.1 Å². The number of hydrogen-bond acceptors (Lipinski definition) is 4. The zero-order valence-electron chi connectivity index (χ0n) is 9.17. The van der Waals surface area contributed by atoms with Crippen molar-refractivity contribution in [3.8, 4) is 0 Å². The van der Waals surface area contributed by atoms with Gasteiger partial charge in [0, 0.05) is 12.5 Å². The molecule has 0 saturated heterocycles. The summed E-state index contributed by atoms with van der Waals surface area (Å²) < 4.78 is 28.2. The molecule has 1 atom stereocenters. The van der Waals surface area contributed by atoms with E-state index >= 15 is 0 Å². The van der Waals surface area contributed by atoms with E-state index in [-0.39, 0.29) is 24.0 Å². The standard InChI is InChI=1S/C11H16O4S/c1-2-10(8-12)9-15-16(13,14)11-6-4-3-5-7-11/h3-7,10,12H,2,8-9H2,1H3. The van der Waals surface area contributed by atoms with Crippen molar-refractivity contribution in [3.05, 3.63) is 30.3 Å². The highest BCUT2D eigenvalue weighted by molar-refractivity contribution is 7.86. The first-order chi connectivity index (χ1) is 7.60. The first-order valence-corrected chi connectivity index (χ1v) is 6.56. The van der Waals surface area contributed by atoms with Gasteiger partial charge in [0.2, 0.25) is 0 Å². The molecule has 0 bridgehead atoms. The predicted molar refractivity (Wildman–Crippen MR) is 60.4 cm³/mol. The summed E-state index contributed by atoms with van der Waals surface area (Å²) >= 11 is 0. The van der Waals surface area contributed by atoms with E-state index in [9.17, 15) is 8.42 Å². The Labute approximate surface area is 96.0 Å². The van der Waals surface area contributed by atoms with Crippen LogP contribution in [0.3, 0.4) is 0 Å². The summed E-state index contributed by atoms with van der Waals surface area (Å²) in [6.07, 6.45) is 0.681. The largest absolute Gasteiger partial charge is 0.396 e. The summed E-state index contributed by atoms with van der Waals surface area (Å²) in [6, 6.07) is 7.98. The molecule has 1 unspecified atom stereocenters. The minimum absolute atomic E-state index is 0.0181. The predicted octanol–water partition coefficient (Wildman–Crippen LogP) is 1.41. The number of rotatable bonds is 6. The summed E-state index contributed by atoms with van der Waals surface area (Å²) in [4.78, 5) is 0.141. The summed E-state index contributed by atoms with van der Waals surface area (Å²) in [5, 5.41) is 8.92. The van der Waals surface area contributed by atoms with Crippen LogP contribution in [-0.4, -0.2) is 26.7 Å². The van der Waals surface area contributed by atoms with Crippen LogP contribution in [0, 0.1) is 5.92 Å². The topological polar surface area (TPSA) is 63.6 Å². The van der Waals surface area contributed by atoms with Crippen molar-refractivity contribution in [1.29, 1.82) is 0 Å². The SMILES string of the molecule is CCC(CO)COS(=O)(=O)c1ccccc1. The quantitative estimate of drug-likeness (QED) is 0.768. The molecular formula is C11H16O4S. The Morgan fingerprint density at radius 3 is 2.44 bits per heavy atom. The van der Waals surface area contributed by atoms with Crippen LogP contribution in [0.2, 0.25) is 0 Å². The minimum Gasteiger partial charge on any atom is -0.396 e. The monoisotopic (exact) mass is 244 g/mol. The Hall–Kier alpha value is -0.910. The van der Waals surface area contributed by atoms with E-state index in [0.717, 1.165) is 0 Å². The normalized spacial score (nSPS) is 13.6. The molecule has 0 aromatic heterocycles. The Kier molecular flexibility index (Phi) is 4.92. The molecule has 0 aliphatic heterocycles. The van der Waals surface area contributed by atoms with E-state index in [1.54, 1.807) is 18.2 Å². The van der Waals surface area contributed by atoms with Crippen LogP contribution in [0.1, 0.15) is 13.3 Å². The lowest BCUT2D eigenvalue weighted by Crippen LogP contribution is -2.17. The number of aliphatic hydroxyl groups excluding tert-OH is 1. The highest BCUT2D eigenvalue weighted by Crippen LogP contribution is 2.13. The fourth-order valence-corrected chi connectivity index (χ4v) is 2.14. The molecule has 0 heterocycles. The summed E-state index contributed by atoms with van der Waals surface area (Å²) in [5.74, 6) is -0.140. The number of benzene rings is 1. The smallest absolute Gasteiger partial charge is 0.296 e. The van der Waals surface area contributed by atoms with Crippen LogP contribution in [0.25, 0.3) is 0 Å².